The Kier molecular flexibility index (Phi) is 3.16. The molecule has 1 aliphatic carbocycles. The highest BCUT2D eigenvalue weighted by Crippen LogP contribution is 2.54. The van der Waals surface area contributed by atoms with Gasteiger partial charge in [-0.3, -0.25) is 0 Å². The Balaban J connectivity index is 1.60. The van der Waals surface area contributed by atoms with Crippen molar-refractivity contribution in [1.82, 2.24) is 0 Å². The summed E-state index contributed by atoms with van der Waals surface area (Å²) in [6, 6.07) is 36.1. The monoisotopic (exact) mass is 394 g/mol. The molecule has 0 N–H and O–H groups in total. The van der Waals surface area contributed by atoms with Crippen molar-refractivity contribution in [2.45, 2.75) is 19.3 Å². The van der Waals surface area contributed by atoms with Gasteiger partial charge in [-0.2, -0.15) is 0 Å². The van der Waals surface area contributed by atoms with Crippen LogP contribution in [0.3, 0.4) is 0 Å². The van der Waals surface area contributed by atoms with Crippen molar-refractivity contribution >= 4 is 32.3 Å². The van der Waals surface area contributed by atoms with Crippen molar-refractivity contribution in [1.29, 1.82) is 0 Å². The molecule has 6 aromatic carbocycles. The van der Waals surface area contributed by atoms with Gasteiger partial charge in [0.1, 0.15) is 0 Å². The molecule has 0 saturated heterocycles. The maximum Gasteiger partial charge on any atom is 0.0159 e. The molecule has 0 aliphatic heterocycles. The van der Waals surface area contributed by atoms with Crippen LogP contribution in [0.1, 0.15) is 25.0 Å². The third kappa shape index (κ3) is 2.15. The SMILES string of the molecule is CC1(C)c2cc(-c3ccccc3)ccc2-c2c1cc1ccc3cccc4ccc2c1c34. The fourth-order valence-electron chi connectivity index (χ4n) is 5.83. The van der Waals surface area contributed by atoms with E-state index in [1.165, 1.54) is 65.7 Å². The van der Waals surface area contributed by atoms with E-state index in [1.807, 2.05) is 0 Å². The Morgan fingerprint density at radius 3 is 2.06 bits per heavy atom. The average Bonchev–Trinajstić information content (AvgIpc) is 3.04. The quantitative estimate of drug-likeness (QED) is 0.245. The summed E-state index contributed by atoms with van der Waals surface area (Å²) < 4.78 is 0. The highest BCUT2D eigenvalue weighted by atomic mass is 14.4. The molecule has 0 spiro atoms. The Morgan fingerprint density at radius 2 is 1.26 bits per heavy atom. The van der Waals surface area contributed by atoms with Gasteiger partial charge in [0, 0.05) is 5.41 Å². The van der Waals surface area contributed by atoms with Crippen molar-refractivity contribution in [3.63, 3.8) is 0 Å². The lowest BCUT2D eigenvalue weighted by Gasteiger charge is -2.23. The summed E-state index contributed by atoms with van der Waals surface area (Å²) in [5.74, 6) is 0. The standard InChI is InChI=1S/C31H22/c1-31(2)26-17-22(19-7-4-3-5-8-19)14-15-24(26)30-25-16-13-21-10-6-9-20-11-12-23(18-27(30)31)29(25)28(20)21/h3-18H,1-2H3. The Bertz CT molecular complexity index is 1620. The summed E-state index contributed by atoms with van der Waals surface area (Å²) in [7, 11) is 0. The predicted molar refractivity (Wildman–Crippen MR) is 133 cm³/mol. The van der Waals surface area contributed by atoms with Crippen LogP contribution >= 0.6 is 0 Å². The number of benzene rings is 6. The molecule has 146 valence electrons. The third-order valence-corrected chi connectivity index (χ3v) is 7.39. The minimum atomic E-state index is -0.0279. The zero-order valence-electron chi connectivity index (χ0n) is 17.7. The first kappa shape index (κ1) is 17.1. The van der Waals surface area contributed by atoms with Crippen molar-refractivity contribution in [2.24, 2.45) is 0 Å². The van der Waals surface area contributed by atoms with E-state index in [-0.39, 0.29) is 5.41 Å². The first-order chi connectivity index (χ1) is 15.1. The lowest BCUT2D eigenvalue weighted by atomic mass is 9.80. The molecule has 6 aromatic rings. The van der Waals surface area contributed by atoms with Crippen LogP contribution in [-0.4, -0.2) is 0 Å². The van der Waals surface area contributed by atoms with Crippen LogP contribution in [0.4, 0.5) is 0 Å². The van der Waals surface area contributed by atoms with E-state index < -0.39 is 0 Å². The molecule has 0 amide bonds. The molecule has 0 fully saturated rings. The lowest BCUT2D eigenvalue weighted by molar-refractivity contribution is 0.661. The molecule has 7 rings (SSSR count). The Hall–Kier alpha value is -3.64. The molecule has 0 atom stereocenters. The minimum absolute atomic E-state index is 0.0279. The van der Waals surface area contributed by atoms with Gasteiger partial charge in [0.15, 0.2) is 0 Å². The lowest BCUT2D eigenvalue weighted by Crippen LogP contribution is -2.15. The maximum atomic E-state index is 2.45. The molecule has 0 bridgehead atoms. The van der Waals surface area contributed by atoms with E-state index in [0.717, 1.165) is 0 Å². The molecular weight excluding hydrogens is 372 g/mol. The second-order valence-electron chi connectivity index (χ2n) is 9.41. The van der Waals surface area contributed by atoms with Crippen LogP contribution in [0.15, 0.2) is 97.1 Å². The van der Waals surface area contributed by atoms with Gasteiger partial charge < -0.3 is 0 Å². The molecule has 0 heteroatoms. The second-order valence-corrected chi connectivity index (χ2v) is 9.41. The van der Waals surface area contributed by atoms with E-state index in [2.05, 4.69) is 111 Å². The Labute approximate surface area is 182 Å². The maximum absolute atomic E-state index is 2.45. The van der Waals surface area contributed by atoms with Crippen LogP contribution < -0.4 is 0 Å². The molecule has 0 nitrogen and oxygen atoms in total. The first-order valence-electron chi connectivity index (χ1n) is 11.0. The predicted octanol–water partition coefficient (Wildman–Crippen LogP) is 8.56. The van der Waals surface area contributed by atoms with E-state index in [4.69, 9.17) is 0 Å². The average molecular weight is 395 g/mol. The number of hydrogen-bond donors (Lipinski definition) is 0. The molecule has 1 aliphatic rings. The smallest absolute Gasteiger partial charge is 0.0159 e. The van der Waals surface area contributed by atoms with Crippen LogP contribution in [0, 0.1) is 0 Å². The van der Waals surface area contributed by atoms with Crippen molar-refractivity contribution < 1.29 is 0 Å². The number of hydrogen-bond acceptors (Lipinski definition) is 0. The van der Waals surface area contributed by atoms with Gasteiger partial charge >= 0.3 is 0 Å². The number of fused-ring (bicyclic) bond motifs is 4. The minimum Gasteiger partial charge on any atom is -0.0622 e. The van der Waals surface area contributed by atoms with Crippen molar-refractivity contribution in [3.8, 4) is 22.3 Å². The number of rotatable bonds is 1. The summed E-state index contributed by atoms with van der Waals surface area (Å²) in [5, 5.41) is 8.19. The van der Waals surface area contributed by atoms with Gasteiger partial charge in [0.05, 0.1) is 0 Å². The first-order valence-corrected chi connectivity index (χ1v) is 11.0. The van der Waals surface area contributed by atoms with Gasteiger partial charge in [0.2, 0.25) is 0 Å². The zero-order chi connectivity index (χ0) is 20.7. The topological polar surface area (TPSA) is 0 Å². The van der Waals surface area contributed by atoms with Crippen LogP contribution in [0.2, 0.25) is 0 Å². The molecule has 0 radical (unpaired) electrons. The fraction of sp³-hybridized carbons (Fsp3) is 0.0968. The summed E-state index contributed by atoms with van der Waals surface area (Å²) in [6.45, 7) is 4.76. The highest BCUT2D eigenvalue weighted by Gasteiger charge is 2.37. The molecular formula is C31H22. The molecule has 31 heavy (non-hydrogen) atoms. The van der Waals surface area contributed by atoms with Gasteiger partial charge in [-0.05, 0) is 77.8 Å². The summed E-state index contributed by atoms with van der Waals surface area (Å²) in [5.41, 5.74) is 8.22. The highest BCUT2D eigenvalue weighted by molar-refractivity contribution is 6.26. The van der Waals surface area contributed by atoms with Crippen LogP contribution in [0.5, 0.6) is 0 Å². The van der Waals surface area contributed by atoms with Gasteiger partial charge in [-0.1, -0.05) is 98.8 Å². The van der Waals surface area contributed by atoms with Crippen molar-refractivity contribution in [3.05, 3.63) is 108 Å². The molecule has 0 saturated carbocycles. The van der Waals surface area contributed by atoms with Gasteiger partial charge in [-0.15, -0.1) is 0 Å². The Morgan fingerprint density at radius 1 is 0.516 bits per heavy atom. The summed E-state index contributed by atoms with van der Waals surface area (Å²) >= 11 is 0. The van der Waals surface area contributed by atoms with E-state index in [0.29, 0.717) is 0 Å². The molecule has 0 unspecified atom stereocenters. The van der Waals surface area contributed by atoms with Crippen LogP contribution in [0.25, 0.3) is 54.6 Å². The molecule has 0 aromatic heterocycles. The molecule has 0 heterocycles. The van der Waals surface area contributed by atoms with Crippen LogP contribution in [-0.2, 0) is 5.41 Å². The van der Waals surface area contributed by atoms with E-state index in [9.17, 15) is 0 Å². The third-order valence-electron chi connectivity index (χ3n) is 7.39. The normalized spacial score (nSPS) is 14.4. The summed E-state index contributed by atoms with van der Waals surface area (Å²) in [6.07, 6.45) is 0. The van der Waals surface area contributed by atoms with Gasteiger partial charge in [-0.25, -0.2) is 0 Å². The van der Waals surface area contributed by atoms with Crippen molar-refractivity contribution in [2.75, 3.05) is 0 Å². The second kappa shape index (κ2) is 5.74. The fourth-order valence-corrected chi connectivity index (χ4v) is 5.83. The summed E-state index contributed by atoms with van der Waals surface area (Å²) in [4.78, 5) is 0. The van der Waals surface area contributed by atoms with E-state index >= 15 is 0 Å². The zero-order valence-corrected chi connectivity index (χ0v) is 17.7. The van der Waals surface area contributed by atoms with Gasteiger partial charge in [0.25, 0.3) is 0 Å². The largest absolute Gasteiger partial charge is 0.0622 e. The van der Waals surface area contributed by atoms with E-state index in [1.54, 1.807) is 0 Å².